The molecule has 9 heteroatoms. The minimum Gasteiger partial charge on any atom is -0.497 e. The summed E-state index contributed by atoms with van der Waals surface area (Å²) >= 11 is 0. The second-order valence-corrected chi connectivity index (χ2v) is 8.02. The van der Waals surface area contributed by atoms with Gasteiger partial charge < -0.3 is 25.8 Å². The summed E-state index contributed by atoms with van der Waals surface area (Å²) in [5.74, 6) is 3.43. The Labute approximate surface area is 192 Å². The zero-order valence-electron chi connectivity index (χ0n) is 19.1. The van der Waals surface area contributed by atoms with Gasteiger partial charge in [-0.05, 0) is 47.9 Å². The molecule has 0 amide bonds. The van der Waals surface area contributed by atoms with Gasteiger partial charge in [0.25, 0.3) is 0 Å². The van der Waals surface area contributed by atoms with Gasteiger partial charge in [-0.15, -0.1) is 0 Å². The predicted octanol–water partition coefficient (Wildman–Crippen LogP) is 4.22. The number of fused-ring (bicyclic) bond motifs is 1. The maximum atomic E-state index is 5.96. The molecule has 0 aliphatic rings. The maximum absolute atomic E-state index is 5.96. The van der Waals surface area contributed by atoms with Crippen molar-refractivity contribution in [1.82, 2.24) is 19.9 Å². The van der Waals surface area contributed by atoms with Crippen LogP contribution in [0.1, 0.15) is 25.5 Å². The number of methoxy groups -OCH3 is 1. The molecular weight excluding hydrogens is 418 g/mol. The van der Waals surface area contributed by atoms with E-state index in [9.17, 15) is 0 Å². The van der Waals surface area contributed by atoms with Gasteiger partial charge in [0.2, 0.25) is 11.9 Å². The molecule has 2 aromatic carbocycles. The Morgan fingerprint density at radius 2 is 1.45 bits per heavy atom. The van der Waals surface area contributed by atoms with Crippen LogP contribution in [0.2, 0.25) is 0 Å². The Morgan fingerprint density at radius 3 is 2.06 bits per heavy atom. The lowest BCUT2D eigenvalue weighted by Crippen LogP contribution is -2.29. The normalized spacial score (nSPS) is 12.0. The number of aromatic nitrogens is 4. The highest BCUT2D eigenvalue weighted by atomic mass is 16.5. The summed E-state index contributed by atoms with van der Waals surface area (Å²) < 4.78 is 11.1. The lowest BCUT2D eigenvalue weighted by Gasteiger charge is -2.32. The lowest BCUT2D eigenvalue weighted by molar-refractivity contribution is 0.413. The van der Waals surface area contributed by atoms with Crippen molar-refractivity contribution in [2.45, 2.75) is 19.9 Å². The van der Waals surface area contributed by atoms with Crippen LogP contribution in [0.4, 0.5) is 17.7 Å². The minimum absolute atomic E-state index is 0.0222. The molecule has 33 heavy (non-hydrogen) atoms. The Balaban J connectivity index is 1.58. The van der Waals surface area contributed by atoms with E-state index in [1.54, 1.807) is 13.3 Å². The molecule has 4 N–H and O–H groups in total. The van der Waals surface area contributed by atoms with Gasteiger partial charge in [-0.2, -0.15) is 15.0 Å². The zero-order chi connectivity index (χ0) is 23.5. The van der Waals surface area contributed by atoms with Crippen molar-refractivity contribution in [3.8, 4) is 17.2 Å². The highest BCUT2D eigenvalue weighted by molar-refractivity contribution is 5.85. The molecule has 0 fully saturated rings. The van der Waals surface area contributed by atoms with E-state index in [1.807, 2.05) is 48.3 Å². The molecule has 0 aliphatic heterocycles. The molecule has 0 spiro atoms. The molecule has 0 radical (unpaired) electrons. The van der Waals surface area contributed by atoms with E-state index < -0.39 is 0 Å². The molecular formula is C24H27N7O2. The number of hydrogen-bond acceptors (Lipinski definition) is 9. The summed E-state index contributed by atoms with van der Waals surface area (Å²) in [7, 11) is 3.60. The lowest BCUT2D eigenvalue weighted by atomic mass is 9.95. The van der Waals surface area contributed by atoms with Gasteiger partial charge >= 0.3 is 0 Å². The second-order valence-electron chi connectivity index (χ2n) is 8.02. The standard InChI is InChI=1S/C24H27N7O2/c1-14(2)20(31(3)24-27-13-19-21(25)28-23(26)29-22(19)30-24)15-5-7-17(8-6-15)33-18-11-9-16(32-4)10-12-18/h5-14,20H,1-4H3,(H4,25,26,27,28,29,30). The Hall–Kier alpha value is -4.14. The summed E-state index contributed by atoms with van der Waals surface area (Å²) in [6.45, 7) is 4.31. The summed E-state index contributed by atoms with van der Waals surface area (Å²) in [6.07, 6.45) is 1.63. The summed E-state index contributed by atoms with van der Waals surface area (Å²) in [4.78, 5) is 19.3. The number of rotatable bonds is 7. The first-order chi connectivity index (χ1) is 15.9. The summed E-state index contributed by atoms with van der Waals surface area (Å²) in [6, 6.07) is 15.5. The van der Waals surface area contributed by atoms with Crippen LogP contribution >= 0.6 is 0 Å². The van der Waals surface area contributed by atoms with Crippen LogP contribution in [0.15, 0.2) is 54.7 Å². The van der Waals surface area contributed by atoms with Gasteiger partial charge in [0.1, 0.15) is 23.1 Å². The Kier molecular flexibility index (Phi) is 6.12. The fourth-order valence-electron chi connectivity index (χ4n) is 3.81. The van der Waals surface area contributed by atoms with E-state index in [4.69, 9.17) is 20.9 Å². The molecule has 1 unspecified atom stereocenters. The van der Waals surface area contributed by atoms with Gasteiger partial charge in [0.15, 0.2) is 5.65 Å². The van der Waals surface area contributed by atoms with Gasteiger partial charge in [-0.25, -0.2) is 4.98 Å². The number of hydrogen-bond donors (Lipinski definition) is 2. The molecule has 170 valence electrons. The largest absolute Gasteiger partial charge is 0.497 e. The van der Waals surface area contributed by atoms with Crippen LogP contribution in [-0.4, -0.2) is 34.1 Å². The molecule has 9 nitrogen and oxygen atoms in total. The van der Waals surface area contributed by atoms with Crippen molar-refractivity contribution in [3.63, 3.8) is 0 Å². The van der Waals surface area contributed by atoms with Crippen molar-refractivity contribution in [3.05, 3.63) is 60.3 Å². The van der Waals surface area contributed by atoms with Gasteiger partial charge in [0, 0.05) is 13.2 Å². The van der Waals surface area contributed by atoms with Gasteiger partial charge in [-0.1, -0.05) is 26.0 Å². The van der Waals surface area contributed by atoms with Crippen LogP contribution in [-0.2, 0) is 0 Å². The predicted molar refractivity (Wildman–Crippen MR) is 129 cm³/mol. The van der Waals surface area contributed by atoms with Crippen LogP contribution in [0, 0.1) is 5.92 Å². The molecule has 0 bridgehead atoms. The van der Waals surface area contributed by atoms with Crippen molar-refractivity contribution in [2.75, 3.05) is 30.5 Å². The number of nitrogens with zero attached hydrogens (tertiary/aromatic N) is 5. The van der Waals surface area contributed by atoms with E-state index in [1.165, 1.54) is 0 Å². The van der Waals surface area contributed by atoms with Crippen molar-refractivity contribution in [2.24, 2.45) is 5.92 Å². The third kappa shape index (κ3) is 4.72. The first-order valence-electron chi connectivity index (χ1n) is 10.6. The van der Waals surface area contributed by atoms with Gasteiger partial charge in [-0.3, -0.25) is 0 Å². The fourth-order valence-corrected chi connectivity index (χ4v) is 3.81. The van der Waals surface area contributed by atoms with E-state index in [-0.39, 0.29) is 23.7 Å². The van der Waals surface area contributed by atoms with E-state index in [2.05, 4.69) is 45.9 Å². The molecule has 2 heterocycles. The highest BCUT2D eigenvalue weighted by Gasteiger charge is 2.24. The molecule has 4 rings (SSSR count). The first-order valence-corrected chi connectivity index (χ1v) is 10.6. The summed E-state index contributed by atoms with van der Waals surface area (Å²) in [5.41, 5.74) is 13.2. The van der Waals surface area contributed by atoms with Crippen molar-refractivity contribution >= 4 is 28.7 Å². The average Bonchev–Trinajstić information content (AvgIpc) is 2.80. The second kappa shape index (κ2) is 9.15. The molecule has 1 atom stereocenters. The molecule has 4 aromatic rings. The van der Waals surface area contributed by atoms with Crippen LogP contribution in [0.3, 0.4) is 0 Å². The van der Waals surface area contributed by atoms with Crippen LogP contribution in [0.5, 0.6) is 17.2 Å². The molecule has 0 saturated heterocycles. The Bertz CT molecular complexity index is 1240. The first kappa shape index (κ1) is 22.1. The number of anilines is 3. The highest BCUT2D eigenvalue weighted by Crippen LogP contribution is 2.33. The third-order valence-corrected chi connectivity index (χ3v) is 5.37. The third-order valence-electron chi connectivity index (χ3n) is 5.37. The van der Waals surface area contributed by atoms with E-state index in [0.29, 0.717) is 17.0 Å². The Morgan fingerprint density at radius 1 is 0.848 bits per heavy atom. The molecule has 0 saturated carbocycles. The number of nitrogens with two attached hydrogens (primary N) is 2. The number of nitrogen functional groups attached to an aromatic ring is 2. The average molecular weight is 446 g/mol. The van der Waals surface area contributed by atoms with E-state index >= 15 is 0 Å². The summed E-state index contributed by atoms with van der Waals surface area (Å²) in [5, 5.41) is 0.572. The number of benzene rings is 2. The molecule has 0 aliphatic carbocycles. The van der Waals surface area contributed by atoms with Crippen LogP contribution in [0.25, 0.3) is 11.0 Å². The van der Waals surface area contributed by atoms with E-state index in [0.717, 1.165) is 22.8 Å². The van der Waals surface area contributed by atoms with Crippen molar-refractivity contribution in [1.29, 1.82) is 0 Å². The monoisotopic (exact) mass is 445 g/mol. The number of ether oxygens (including phenoxy) is 2. The zero-order valence-corrected chi connectivity index (χ0v) is 19.1. The SMILES string of the molecule is COc1ccc(Oc2ccc(C(C(C)C)N(C)c3ncc4c(N)nc(N)nc4n3)cc2)cc1. The maximum Gasteiger partial charge on any atom is 0.227 e. The van der Waals surface area contributed by atoms with Crippen molar-refractivity contribution < 1.29 is 9.47 Å². The van der Waals surface area contributed by atoms with Crippen LogP contribution < -0.4 is 25.8 Å². The van der Waals surface area contributed by atoms with Gasteiger partial charge in [0.05, 0.1) is 18.5 Å². The topological polar surface area (TPSA) is 125 Å². The smallest absolute Gasteiger partial charge is 0.227 e. The quantitative estimate of drug-likeness (QED) is 0.430. The fraction of sp³-hybridized carbons (Fsp3) is 0.250. The minimum atomic E-state index is 0.0222. The molecule has 2 aromatic heterocycles.